The van der Waals surface area contributed by atoms with Crippen LogP contribution in [0.25, 0.3) is 11.1 Å². The number of aromatic nitrogens is 1. The van der Waals surface area contributed by atoms with E-state index in [9.17, 15) is 5.11 Å². The van der Waals surface area contributed by atoms with Gasteiger partial charge in [0, 0.05) is 18.6 Å². The van der Waals surface area contributed by atoms with Crippen LogP contribution in [0, 0.1) is 6.92 Å². The van der Waals surface area contributed by atoms with E-state index in [2.05, 4.69) is 4.98 Å². The topological polar surface area (TPSA) is 46.3 Å². The molecule has 0 amide bonds. The summed E-state index contributed by atoms with van der Waals surface area (Å²) in [4.78, 5) is 4.15. The Morgan fingerprint density at radius 1 is 1.36 bits per heavy atom. The molecule has 0 aliphatic heterocycles. The van der Waals surface area contributed by atoms with Gasteiger partial charge in [-0.05, 0) is 12.0 Å². The van der Waals surface area contributed by atoms with E-state index in [1.807, 2.05) is 19.9 Å². The Morgan fingerprint density at radius 3 is 2.71 bits per heavy atom. The number of fused-ring (bicyclic) bond motifs is 1. The number of hydrogen-bond donors (Lipinski definition) is 1. The van der Waals surface area contributed by atoms with Gasteiger partial charge in [0.25, 0.3) is 0 Å². The number of nitrogens with zero attached hydrogens (tertiary/aromatic N) is 1. The fourth-order valence-electron chi connectivity index (χ4n) is 1.56. The Bertz CT molecular complexity index is 471. The summed E-state index contributed by atoms with van der Waals surface area (Å²) in [5.74, 6) is 1.20. The Labute approximate surface area is 82.4 Å². The van der Waals surface area contributed by atoms with Crippen LogP contribution >= 0.6 is 0 Å². The van der Waals surface area contributed by atoms with Gasteiger partial charge >= 0.3 is 0 Å². The van der Waals surface area contributed by atoms with Gasteiger partial charge in [-0.2, -0.15) is 0 Å². The number of hydrogen-bond acceptors (Lipinski definition) is 3. The molecule has 0 aliphatic carbocycles. The van der Waals surface area contributed by atoms with Gasteiger partial charge in [0.05, 0.1) is 0 Å². The maximum atomic E-state index is 9.71. The molecule has 74 valence electrons. The van der Waals surface area contributed by atoms with Crippen LogP contribution < -0.4 is 0 Å². The largest absolute Gasteiger partial charge is 0.508 e. The smallest absolute Gasteiger partial charge is 0.192 e. The third-order valence-electron chi connectivity index (χ3n) is 2.27. The first-order chi connectivity index (χ1) is 6.58. The van der Waals surface area contributed by atoms with Gasteiger partial charge < -0.3 is 9.52 Å². The van der Waals surface area contributed by atoms with Crippen LogP contribution in [0.15, 0.2) is 16.5 Å². The number of aromatic hydroxyl groups is 1. The van der Waals surface area contributed by atoms with Crippen molar-refractivity contribution >= 4 is 11.1 Å². The minimum absolute atomic E-state index is 0.282. The summed E-state index contributed by atoms with van der Waals surface area (Å²) in [6.07, 6.45) is 0. The van der Waals surface area contributed by atoms with E-state index in [0.717, 1.165) is 11.1 Å². The highest BCUT2D eigenvalue weighted by Gasteiger charge is 2.10. The molecule has 0 fully saturated rings. The molecule has 1 heterocycles. The molecule has 2 aromatic rings. The molecule has 0 radical (unpaired) electrons. The highest BCUT2D eigenvalue weighted by molar-refractivity contribution is 5.76. The van der Waals surface area contributed by atoms with E-state index in [-0.39, 0.29) is 5.92 Å². The van der Waals surface area contributed by atoms with Crippen molar-refractivity contribution in [2.24, 2.45) is 0 Å². The normalized spacial score (nSPS) is 11.4. The second kappa shape index (κ2) is 3.01. The molecule has 3 heteroatoms. The van der Waals surface area contributed by atoms with E-state index in [1.165, 1.54) is 0 Å². The molecular formula is C11H13NO2. The zero-order valence-electron chi connectivity index (χ0n) is 8.53. The van der Waals surface area contributed by atoms with Crippen molar-refractivity contribution in [2.45, 2.75) is 26.7 Å². The molecule has 0 unspecified atom stereocenters. The van der Waals surface area contributed by atoms with Crippen molar-refractivity contribution in [1.29, 1.82) is 0 Å². The van der Waals surface area contributed by atoms with Gasteiger partial charge in [0.1, 0.15) is 11.3 Å². The lowest BCUT2D eigenvalue weighted by Crippen LogP contribution is -1.87. The summed E-state index contributed by atoms with van der Waals surface area (Å²) in [5, 5.41) is 9.71. The summed E-state index contributed by atoms with van der Waals surface area (Å²) in [7, 11) is 0. The molecule has 1 N–H and O–H groups in total. The Morgan fingerprint density at radius 2 is 2.07 bits per heavy atom. The van der Waals surface area contributed by atoms with Gasteiger partial charge in [-0.15, -0.1) is 0 Å². The zero-order chi connectivity index (χ0) is 10.3. The predicted molar refractivity (Wildman–Crippen MR) is 54.5 cm³/mol. The fraction of sp³-hybridized carbons (Fsp3) is 0.364. The molecule has 0 atom stereocenters. The van der Waals surface area contributed by atoms with Crippen LogP contribution in [0.4, 0.5) is 0 Å². The standard InChI is InChI=1S/C11H13NO2/c1-6(2)8-4-11-9(5-10(8)13)12-7(3)14-11/h4-6,13H,1-3H3. The molecule has 3 nitrogen and oxygen atoms in total. The van der Waals surface area contributed by atoms with E-state index in [1.54, 1.807) is 13.0 Å². The van der Waals surface area contributed by atoms with Gasteiger partial charge in [-0.1, -0.05) is 13.8 Å². The van der Waals surface area contributed by atoms with Gasteiger partial charge in [-0.25, -0.2) is 4.98 Å². The lowest BCUT2D eigenvalue weighted by molar-refractivity contribution is 0.465. The number of oxazole rings is 1. The predicted octanol–water partition coefficient (Wildman–Crippen LogP) is 2.97. The summed E-state index contributed by atoms with van der Waals surface area (Å²) in [6, 6.07) is 3.51. The van der Waals surface area contributed by atoms with E-state index in [4.69, 9.17) is 4.42 Å². The van der Waals surface area contributed by atoms with E-state index >= 15 is 0 Å². The molecule has 0 saturated heterocycles. The molecule has 1 aromatic carbocycles. The lowest BCUT2D eigenvalue weighted by atomic mass is 10.0. The first-order valence-electron chi connectivity index (χ1n) is 4.68. The van der Waals surface area contributed by atoms with Gasteiger partial charge in [0.2, 0.25) is 0 Å². The van der Waals surface area contributed by atoms with Crippen molar-refractivity contribution in [1.82, 2.24) is 4.98 Å². The minimum Gasteiger partial charge on any atom is -0.508 e. The lowest BCUT2D eigenvalue weighted by Gasteiger charge is -2.06. The van der Waals surface area contributed by atoms with Crippen molar-refractivity contribution < 1.29 is 9.52 Å². The van der Waals surface area contributed by atoms with Crippen LogP contribution in [-0.2, 0) is 0 Å². The average molecular weight is 191 g/mol. The quantitative estimate of drug-likeness (QED) is 0.753. The average Bonchev–Trinajstić information content (AvgIpc) is 2.42. The molecule has 0 spiro atoms. The molecule has 1 aromatic heterocycles. The van der Waals surface area contributed by atoms with Gasteiger partial charge in [0.15, 0.2) is 11.5 Å². The maximum Gasteiger partial charge on any atom is 0.192 e. The van der Waals surface area contributed by atoms with Gasteiger partial charge in [-0.3, -0.25) is 0 Å². The highest BCUT2D eigenvalue weighted by atomic mass is 16.3. The van der Waals surface area contributed by atoms with Crippen LogP contribution in [0.1, 0.15) is 31.2 Å². The van der Waals surface area contributed by atoms with Crippen molar-refractivity contribution in [2.75, 3.05) is 0 Å². The van der Waals surface area contributed by atoms with Crippen molar-refractivity contribution in [3.05, 3.63) is 23.6 Å². The fourth-order valence-corrected chi connectivity index (χ4v) is 1.56. The molecule has 14 heavy (non-hydrogen) atoms. The molecular weight excluding hydrogens is 178 g/mol. The molecule has 0 aliphatic rings. The Hall–Kier alpha value is -1.51. The second-order valence-corrected chi connectivity index (χ2v) is 3.77. The maximum absolute atomic E-state index is 9.71. The molecule has 0 saturated carbocycles. The Kier molecular flexibility index (Phi) is 1.95. The van der Waals surface area contributed by atoms with E-state index < -0.39 is 0 Å². The first kappa shape index (κ1) is 9.06. The summed E-state index contributed by atoms with van der Waals surface area (Å²) in [5.41, 5.74) is 2.35. The highest BCUT2D eigenvalue weighted by Crippen LogP contribution is 2.30. The third kappa shape index (κ3) is 1.35. The Balaban J connectivity index is 2.70. The number of benzene rings is 1. The van der Waals surface area contributed by atoms with Crippen LogP contribution in [0.3, 0.4) is 0 Å². The van der Waals surface area contributed by atoms with Crippen LogP contribution in [-0.4, -0.2) is 10.1 Å². The zero-order valence-corrected chi connectivity index (χ0v) is 8.53. The first-order valence-corrected chi connectivity index (χ1v) is 4.68. The van der Waals surface area contributed by atoms with Crippen molar-refractivity contribution in [3.63, 3.8) is 0 Å². The van der Waals surface area contributed by atoms with Crippen LogP contribution in [0.2, 0.25) is 0 Å². The number of aryl methyl sites for hydroxylation is 1. The number of rotatable bonds is 1. The summed E-state index contributed by atoms with van der Waals surface area (Å²) >= 11 is 0. The number of phenols is 1. The minimum atomic E-state index is 0.282. The number of phenolic OH excluding ortho intramolecular Hbond substituents is 1. The molecule has 0 bridgehead atoms. The summed E-state index contributed by atoms with van der Waals surface area (Å²) in [6.45, 7) is 5.86. The monoisotopic (exact) mass is 191 g/mol. The SMILES string of the molecule is Cc1nc2cc(O)c(C(C)C)cc2o1. The van der Waals surface area contributed by atoms with Crippen molar-refractivity contribution in [3.8, 4) is 5.75 Å². The second-order valence-electron chi connectivity index (χ2n) is 3.77. The van der Waals surface area contributed by atoms with Crippen LogP contribution in [0.5, 0.6) is 5.75 Å². The molecule has 2 rings (SSSR count). The summed E-state index contributed by atoms with van der Waals surface area (Å²) < 4.78 is 5.39. The third-order valence-corrected chi connectivity index (χ3v) is 2.27. The van der Waals surface area contributed by atoms with E-state index in [0.29, 0.717) is 17.2 Å².